The fourth-order valence-electron chi connectivity index (χ4n) is 1.98. The monoisotopic (exact) mass is 257 g/mol. The number of carbonyl (C=O) groups excluding carboxylic acids is 1. The number of carbonyl (C=O) groups is 1. The first kappa shape index (κ1) is 15.4. The van der Waals surface area contributed by atoms with Gasteiger partial charge in [0.1, 0.15) is 6.10 Å². The molecule has 2 N–H and O–H groups in total. The molecule has 0 bridgehead atoms. The Morgan fingerprint density at radius 3 is 2.22 bits per heavy atom. The second-order valence-electron chi connectivity index (χ2n) is 6.40. The van der Waals surface area contributed by atoms with E-state index >= 15 is 0 Å². The van der Waals surface area contributed by atoms with Gasteiger partial charge in [-0.3, -0.25) is 4.79 Å². The molecule has 1 aliphatic carbocycles. The third-order valence-electron chi connectivity index (χ3n) is 4.31. The van der Waals surface area contributed by atoms with Crippen LogP contribution in [0.15, 0.2) is 0 Å². The van der Waals surface area contributed by atoms with Crippen molar-refractivity contribution in [3.63, 3.8) is 0 Å². The SMILES string of the molecule is COC1CCCC(OC(=O)C(C)(C)C(C)(C)N)C1. The van der Waals surface area contributed by atoms with Gasteiger partial charge in [-0.25, -0.2) is 0 Å². The summed E-state index contributed by atoms with van der Waals surface area (Å²) in [7, 11) is 1.71. The normalized spacial score (nSPS) is 25.9. The third-order valence-corrected chi connectivity index (χ3v) is 4.31. The van der Waals surface area contributed by atoms with Gasteiger partial charge in [0.25, 0.3) is 0 Å². The first-order valence-corrected chi connectivity index (χ1v) is 6.71. The highest BCUT2D eigenvalue weighted by molar-refractivity contribution is 5.77. The molecule has 0 aliphatic heterocycles. The van der Waals surface area contributed by atoms with Gasteiger partial charge in [0.15, 0.2) is 0 Å². The summed E-state index contributed by atoms with van der Waals surface area (Å²) in [4.78, 5) is 12.2. The van der Waals surface area contributed by atoms with Crippen molar-refractivity contribution < 1.29 is 14.3 Å². The Kier molecular flexibility index (Phi) is 4.78. The van der Waals surface area contributed by atoms with Crippen molar-refractivity contribution in [1.29, 1.82) is 0 Å². The summed E-state index contributed by atoms with van der Waals surface area (Å²) in [5.41, 5.74) is 4.76. The quantitative estimate of drug-likeness (QED) is 0.785. The maximum atomic E-state index is 12.2. The molecular formula is C14H27NO3. The Morgan fingerprint density at radius 2 is 1.72 bits per heavy atom. The van der Waals surface area contributed by atoms with Crippen molar-refractivity contribution in [2.24, 2.45) is 11.1 Å². The number of methoxy groups -OCH3 is 1. The average molecular weight is 257 g/mol. The van der Waals surface area contributed by atoms with E-state index in [1.807, 2.05) is 27.7 Å². The van der Waals surface area contributed by atoms with E-state index in [0.717, 1.165) is 25.7 Å². The highest BCUT2D eigenvalue weighted by atomic mass is 16.5. The first-order valence-electron chi connectivity index (χ1n) is 6.71. The van der Waals surface area contributed by atoms with Crippen molar-refractivity contribution in [3.8, 4) is 0 Å². The summed E-state index contributed by atoms with van der Waals surface area (Å²) in [6, 6.07) is 0. The van der Waals surface area contributed by atoms with Gasteiger partial charge in [0.2, 0.25) is 0 Å². The van der Waals surface area contributed by atoms with Gasteiger partial charge in [-0.2, -0.15) is 0 Å². The standard InChI is InChI=1S/C14H27NO3/c1-13(2,14(3,4)15)12(16)18-11-8-6-7-10(9-11)17-5/h10-11H,6-9,15H2,1-5H3. The minimum absolute atomic E-state index is 0.0298. The van der Waals surface area contributed by atoms with E-state index in [-0.39, 0.29) is 18.2 Å². The van der Waals surface area contributed by atoms with Crippen molar-refractivity contribution >= 4 is 5.97 Å². The Morgan fingerprint density at radius 1 is 1.17 bits per heavy atom. The summed E-state index contributed by atoms with van der Waals surface area (Å²) in [5, 5.41) is 0. The van der Waals surface area contributed by atoms with Crippen LogP contribution < -0.4 is 5.73 Å². The van der Waals surface area contributed by atoms with Gasteiger partial charge < -0.3 is 15.2 Å². The predicted octanol–water partition coefficient (Wildman–Crippen LogP) is 2.25. The van der Waals surface area contributed by atoms with Crippen molar-refractivity contribution in [1.82, 2.24) is 0 Å². The maximum Gasteiger partial charge on any atom is 0.313 e. The van der Waals surface area contributed by atoms with Gasteiger partial charge in [-0.15, -0.1) is 0 Å². The molecule has 0 radical (unpaired) electrons. The molecule has 0 spiro atoms. The smallest absolute Gasteiger partial charge is 0.313 e. The molecule has 1 fully saturated rings. The second-order valence-corrected chi connectivity index (χ2v) is 6.40. The number of rotatable bonds is 4. The van der Waals surface area contributed by atoms with Crippen molar-refractivity contribution in [2.45, 2.75) is 71.1 Å². The average Bonchev–Trinajstić information content (AvgIpc) is 2.27. The zero-order valence-corrected chi connectivity index (χ0v) is 12.3. The van der Waals surface area contributed by atoms with Crippen LogP contribution in [0, 0.1) is 5.41 Å². The highest BCUT2D eigenvalue weighted by Gasteiger charge is 2.43. The van der Waals surface area contributed by atoms with E-state index in [2.05, 4.69) is 0 Å². The number of hydrogen-bond donors (Lipinski definition) is 1. The van der Waals surface area contributed by atoms with E-state index < -0.39 is 11.0 Å². The largest absolute Gasteiger partial charge is 0.462 e. The van der Waals surface area contributed by atoms with Crippen LogP contribution in [0.3, 0.4) is 0 Å². The molecule has 1 rings (SSSR count). The van der Waals surface area contributed by atoms with Crippen LogP contribution in [0.1, 0.15) is 53.4 Å². The molecule has 0 aromatic heterocycles. The van der Waals surface area contributed by atoms with Crippen LogP contribution in [-0.4, -0.2) is 30.8 Å². The highest BCUT2D eigenvalue weighted by Crippen LogP contribution is 2.32. The fourth-order valence-corrected chi connectivity index (χ4v) is 1.98. The summed E-state index contributed by atoms with van der Waals surface area (Å²) in [5.74, 6) is -0.211. The Balaban J connectivity index is 2.59. The molecule has 2 unspecified atom stereocenters. The number of ether oxygens (including phenoxy) is 2. The summed E-state index contributed by atoms with van der Waals surface area (Å²) in [6.45, 7) is 7.39. The fraction of sp³-hybridized carbons (Fsp3) is 0.929. The lowest BCUT2D eigenvalue weighted by Crippen LogP contribution is -2.53. The van der Waals surface area contributed by atoms with Gasteiger partial charge in [0, 0.05) is 19.1 Å². The molecule has 18 heavy (non-hydrogen) atoms. The van der Waals surface area contributed by atoms with Gasteiger partial charge in [-0.1, -0.05) is 0 Å². The van der Waals surface area contributed by atoms with Crippen LogP contribution in [0.25, 0.3) is 0 Å². The van der Waals surface area contributed by atoms with E-state index in [0.29, 0.717) is 0 Å². The van der Waals surface area contributed by atoms with Crippen molar-refractivity contribution in [3.05, 3.63) is 0 Å². The molecule has 0 aromatic carbocycles. The van der Waals surface area contributed by atoms with Gasteiger partial charge in [-0.05, 0) is 47.0 Å². The predicted molar refractivity (Wildman–Crippen MR) is 71.2 cm³/mol. The van der Waals surface area contributed by atoms with Crippen LogP contribution in [0.5, 0.6) is 0 Å². The molecule has 0 amide bonds. The third kappa shape index (κ3) is 3.45. The van der Waals surface area contributed by atoms with Gasteiger partial charge >= 0.3 is 5.97 Å². The first-order chi connectivity index (χ1) is 8.18. The Labute approximate surface area is 110 Å². The van der Waals surface area contributed by atoms with E-state index in [4.69, 9.17) is 15.2 Å². The lowest BCUT2D eigenvalue weighted by atomic mass is 9.75. The topological polar surface area (TPSA) is 61.5 Å². The summed E-state index contributed by atoms with van der Waals surface area (Å²) < 4.78 is 11.0. The molecular weight excluding hydrogens is 230 g/mol. The zero-order chi connectivity index (χ0) is 14.0. The zero-order valence-electron chi connectivity index (χ0n) is 12.3. The summed E-state index contributed by atoms with van der Waals surface area (Å²) >= 11 is 0. The van der Waals surface area contributed by atoms with E-state index in [9.17, 15) is 4.79 Å². The van der Waals surface area contributed by atoms with Crippen LogP contribution >= 0.6 is 0 Å². The van der Waals surface area contributed by atoms with Crippen LogP contribution in [0.4, 0.5) is 0 Å². The van der Waals surface area contributed by atoms with E-state index in [1.165, 1.54) is 0 Å². The molecule has 0 aromatic rings. The molecule has 0 heterocycles. The molecule has 4 heteroatoms. The van der Waals surface area contributed by atoms with Crippen LogP contribution in [0.2, 0.25) is 0 Å². The summed E-state index contributed by atoms with van der Waals surface area (Å²) in [6.07, 6.45) is 4.00. The number of nitrogens with two attached hydrogens (primary N) is 1. The Bertz CT molecular complexity index is 294. The molecule has 1 aliphatic rings. The van der Waals surface area contributed by atoms with Crippen molar-refractivity contribution in [2.75, 3.05) is 7.11 Å². The number of hydrogen-bond acceptors (Lipinski definition) is 4. The number of esters is 1. The maximum absolute atomic E-state index is 12.2. The van der Waals surface area contributed by atoms with E-state index in [1.54, 1.807) is 7.11 Å². The second kappa shape index (κ2) is 5.57. The molecule has 2 atom stereocenters. The minimum atomic E-state index is -0.687. The molecule has 0 saturated heterocycles. The minimum Gasteiger partial charge on any atom is -0.462 e. The molecule has 4 nitrogen and oxygen atoms in total. The molecule has 1 saturated carbocycles. The van der Waals surface area contributed by atoms with Crippen LogP contribution in [-0.2, 0) is 14.3 Å². The molecule has 106 valence electrons. The lowest BCUT2D eigenvalue weighted by Gasteiger charge is -2.38. The lowest BCUT2D eigenvalue weighted by molar-refractivity contribution is -0.166. The Hall–Kier alpha value is -0.610. The van der Waals surface area contributed by atoms with Gasteiger partial charge in [0.05, 0.1) is 11.5 Å².